The topological polar surface area (TPSA) is 70.9 Å². The largest absolute Gasteiger partial charge is 0.390 e. The predicted molar refractivity (Wildman–Crippen MR) is 110 cm³/mol. The first kappa shape index (κ1) is 18.3. The lowest BCUT2D eigenvalue weighted by Gasteiger charge is -2.33. The summed E-state index contributed by atoms with van der Waals surface area (Å²) in [5.74, 6) is 1.76. The van der Waals surface area contributed by atoms with Crippen LogP contribution in [0, 0.1) is 13.8 Å². The third-order valence-corrected chi connectivity index (χ3v) is 6.17. The average molecular weight is 383 g/mol. The molecule has 3 aromatic heterocycles. The first-order valence-electron chi connectivity index (χ1n) is 9.55. The maximum Gasteiger partial charge on any atom is 0.148 e. The molecule has 142 valence electrons. The van der Waals surface area contributed by atoms with Crippen LogP contribution in [0.15, 0.2) is 23.6 Å². The van der Waals surface area contributed by atoms with Gasteiger partial charge in [0.25, 0.3) is 0 Å². The summed E-state index contributed by atoms with van der Waals surface area (Å²) in [5.41, 5.74) is 3.71. The molecule has 6 heteroatoms. The van der Waals surface area contributed by atoms with Crippen LogP contribution in [-0.2, 0) is 6.42 Å². The van der Waals surface area contributed by atoms with E-state index in [0.29, 0.717) is 12.5 Å². The molecule has 0 bridgehead atoms. The first-order valence-corrected chi connectivity index (χ1v) is 10.4. The van der Waals surface area contributed by atoms with E-state index in [0.717, 1.165) is 58.9 Å². The zero-order chi connectivity index (χ0) is 19.0. The summed E-state index contributed by atoms with van der Waals surface area (Å²) < 4.78 is 1.11. The van der Waals surface area contributed by atoms with Crippen molar-refractivity contribution in [3.63, 3.8) is 0 Å². The maximum absolute atomic E-state index is 10.2. The number of hydrogen-bond donors (Lipinski definition) is 2. The Labute approximate surface area is 163 Å². The number of rotatable bonds is 4. The molecule has 2 N–H and O–H groups in total. The van der Waals surface area contributed by atoms with E-state index in [9.17, 15) is 5.11 Å². The van der Waals surface area contributed by atoms with E-state index in [1.54, 1.807) is 11.3 Å². The smallest absolute Gasteiger partial charge is 0.148 e. The van der Waals surface area contributed by atoms with Gasteiger partial charge >= 0.3 is 0 Å². The first-order chi connectivity index (χ1) is 12.9. The highest BCUT2D eigenvalue weighted by Crippen LogP contribution is 2.32. The van der Waals surface area contributed by atoms with Crippen LogP contribution in [0.5, 0.6) is 0 Å². The fourth-order valence-electron chi connectivity index (χ4n) is 3.87. The van der Waals surface area contributed by atoms with Gasteiger partial charge in [-0.3, -0.25) is 4.98 Å². The molecule has 5 nitrogen and oxygen atoms in total. The van der Waals surface area contributed by atoms with Crippen LogP contribution in [0.4, 0.5) is 5.82 Å². The van der Waals surface area contributed by atoms with Crippen molar-refractivity contribution in [1.82, 2.24) is 15.0 Å². The van der Waals surface area contributed by atoms with Crippen LogP contribution in [0.3, 0.4) is 0 Å². The molecule has 1 saturated carbocycles. The Morgan fingerprint density at radius 3 is 2.56 bits per heavy atom. The van der Waals surface area contributed by atoms with Crippen LogP contribution in [0.25, 0.3) is 10.2 Å². The van der Waals surface area contributed by atoms with E-state index in [1.807, 2.05) is 20.8 Å². The third kappa shape index (κ3) is 4.28. The summed E-state index contributed by atoms with van der Waals surface area (Å²) in [6.45, 7) is 5.97. The number of fused-ring (bicyclic) bond motifs is 1. The number of anilines is 1. The van der Waals surface area contributed by atoms with E-state index in [1.165, 1.54) is 5.56 Å². The van der Waals surface area contributed by atoms with Gasteiger partial charge in [0, 0.05) is 23.9 Å². The molecule has 0 aliphatic heterocycles. The van der Waals surface area contributed by atoms with Gasteiger partial charge in [-0.25, -0.2) is 9.97 Å². The highest BCUT2D eigenvalue weighted by molar-refractivity contribution is 7.17. The standard InChI is InChI=1S/C21H26N4OS/c1-13-10-15(11-14(2)22-13)12-18-24-17-6-9-27-19(17)20(25-18)23-16-4-7-21(3,26)8-5-16/h6,9-11,16,26H,4-5,7-8,12H2,1-3H3,(H,23,24,25). The lowest BCUT2D eigenvalue weighted by atomic mass is 9.84. The number of aromatic nitrogens is 3. The number of hydrogen-bond acceptors (Lipinski definition) is 6. The lowest BCUT2D eigenvalue weighted by molar-refractivity contribution is 0.0196. The molecule has 3 heterocycles. The van der Waals surface area contributed by atoms with Crippen LogP contribution in [0.1, 0.15) is 55.4 Å². The molecule has 0 atom stereocenters. The molecule has 0 radical (unpaired) electrons. The fraction of sp³-hybridized carbons (Fsp3) is 0.476. The molecule has 0 aromatic carbocycles. The minimum Gasteiger partial charge on any atom is -0.390 e. The summed E-state index contributed by atoms with van der Waals surface area (Å²) in [6.07, 6.45) is 4.27. The van der Waals surface area contributed by atoms with E-state index in [2.05, 4.69) is 33.9 Å². The van der Waals surface area contributed by atoms with Gasteiger partial charge in [0.05, 0.1) is 15.8 Å². The fourth-order valence-corrected chi connectivity index (χ4v) is 4.66. The molecule has 0 saturated heterocycles. The normalized spacial score (nSPS) is 22.9. The summed E-state index contributed by atoms with van der Waals surface area (Å²) in [5, 5.41) is 15.9. The minimum atomic E-state index is -0.523. The summed E-state index contributed by atoms with van der Waals surface area (Å²) in [4.78, 5) is 14.1. The van der Waals surface area contributed by atoms with E-state index >= 15 is 0 Å². The molecule has 1 fully saturated rings. The van der Waals surface area contributed by atoms with Crippen molar-refractivity contribution in [2.75, 3.05) is 5.32 Å². The van der Waals surface area contributed by atoms with Gasteiger partial charge in [0.15, 0.2) is 0 Å². The van der Waals surface area contributed by atoms with Crippen LogP contribution in [0.2, 0.25) is 0 Å². The number of aryl methyl sites for hydroxylation is 2. The van der Waals surface area contributed by atoms with Crippen molar-refractivity contribution >= 4 is 27.4 Å². The SMILES string of the molecule is Cc1cc(Cc2nc(NC3CCC(C)(O)CC3)c3sccc3n2)cc(C)n1. The molecule has 0 spiro atoms. The van der Waals surface area contributed by atoms with Crippen molar-refractivity contribution in [3.05, 3.63) is 46.4 Å². The zero-order valence-corrected chi connectivity index (χ0v) is 16.9. The summed E-state index contributed by atoms with van der Waals surface area (Å²) >= 11 is 1.68. The molecular formula is C21H26N4OS. The van der Waals surface area contributed by atoms with E-state index in [-0.39, 0.29) is 0 Å². The molecule has 27 heavy (non-hydrogen) atoms. The zero-order valence-electron chi connectivity index (χ0n) is 16.1. The van der Waals surface area contributed by atoms with Gasteiger partial charge < -0.3 is 10.4 Å². The molecule has 1 aliphatic rings. The van der Waals surface area contributed by atoms with Gasteiger partial charge in [0.1, 0.15) is 11.6 Å². The Kier molecular flexibility index (Phi) is 4.86. The van der Waals surface area contributed by atoms with Crippen molar-refractivity contribution in [2.24, 2.45) is 0 Å². The van der Waals surface area contributed by atoms with Gasteiger partial charge in [-0.2, -0.15) is 0 Å². The maximum atomic E-state index is 10.2. The average Bonchev–Trinajstić information content (AvgIpc) is 3.04. The van der Waals surface area contributed by atoms with Gasteiger partial charge in [0.2, 0.25) is 0 Å². The Morgan fingerprint density at radius 2 is 1.85 bits per heavy atom. The van der Waals surface area contributed by atoms with Crippen LogP contribution < -0.4 is 5.32 Å². The minimum absolute atomic E-state index is 0.351. The second-order valence-corrected chi connectivity index (χ2v) is 8.89. The van der Waals surface area contributed by atoms with Crippen molar-refractivity contribution in [3.8, 4) is 0 Å². The molecule has 3 aromatic rings. The number of thiophene rings is 1. The van der Waals surface area contributed by atoms with Crippen molar-refractivity contribution in [1.29, 1.82) is 0 Å². The number of nitrogens with zero attached hydrogens (tertiary/aromatic N) is 3. The quantitative estimate of drug-likeness (QED) is 0.700. The van der Waals surface area contributed by atoms with E-state index < -0.39 is 5.60 Å². The molecule has 0 amide bonds. The molecule has 4 rings (SSSR count). The summed E-state index contributed by atoms with van der Waals surface area (Å²) in [7, 11) is 0. The summed E-state index contributed by atoms with van der Waals surface area (Å²) in [6, 6.07) is 6.61. The molecular weight excluding hydrogens is 356 g/mol. The van der Waals surface area contributed by atoms with Crippen molar-refractivity contribution in [2.45, 2.75) is 64.5 Å². The number of pyridine rings is 1. The van der Waals surface area contributed by atoms with Crippen LogP contribution in [-0.4, -0.2) is 31.7 Å². The Balaban J connectivity index is 1.60. The van der Waals surface area contributed by atoms with E-state index in [4.69, 9.17) is 9.97 Å². The van der Waals surface area contributed by atoms with Crippen molar-refractivity contribution < 1.29 is 5.11 Å². The number of nitrogens with one attached hydrogen (secondary N) is 1. The lowest BCUT2D eigenvalue weighted by Crippen LogP contribution is -2.36. The Hall–Kier alpha value is -2.05. The van der Waals surface area contributed by atoms with Crippen LogP contribution >= 0.6 is 11.3 Å². The van der Waals surface area contributed by atoms with Gasteiger partial charge in [-0.05, 0) is 75.6 Å². The Bertz CT molecular complexity index is 936. The Morgan fingerprint density at radius 1 is 1.15 bits per heavy atom. The van der Waals surface area contributed by atoms with Gasteiger partial charge in [-0.15, -0.1) is 11.3 Å². The predicted octanol–water partition coefficient (Wildman–Crippen LogP) is 4.40. The second-order valence-electron chi connectivity index (χ2n) is 7.97. The molecule has 1 aliphatic carbocycles. The second kappa shape index (κ2) is 7.17. The van der Waals surface area contributed by atoms with Gasteiger partial charge in [-0.1, -0.05) is 0 Å². The third-order valence-electron chi connectivity index (χ3n) is 5.26. The highest BCUT2D eigenvalue weighted by Gasteiger charge is 2.29. The monoisotopic (exact) mass is 382 g/mol. The molecule has 0 unspecified atom stereocenters. The highest BCUT2D eigenvalue weighted by atomic mass is 32.1. The number of aliphatic hydroxyl groups is 1.